The van der Waals surface area contributed by atoms with E-state index in [2.05, 4.69) is 0 Å². The highest BCUT2D eigenvalue weighted by atomic mass is 16.6. The van der Waals surface area contributed by atoms with Crippen LogP contribution >= 0.6 is 0 Å². The first-order chi connectivity index (χ1) is 13.8. The molecule has 2 atom stereocenters. The van der Waals surface area contributed by atoms with E-state index < -0.39 is 40.9 Å². The van der Waals surface area contributed by atoms with E-state index in [1.54, 1.807) is 36.4 Å². The summed E-state index contributed by atoms with van der Waals surface area (Å²) in [5.74, 6) is -6.01. The number of nitrogens with two attached hydrogens (primary N) is 2. The lowest BCUT2D eigenvalue weighted by Crippen LogP contribution is -2.72. The first-order valence-corrected chi connectivity index (χ1v) is 9.18. The van der Waals surface area contributed by atoms with Crippen molar-refractivity contribution >= 4 is 40.2 Å². The van der Waals surface area contributed by atoms with Gasteiger partial charge >= 0.3 is 17.5 Å². The number of esters is 1. The van der Waals surface area contributed by atoms with E-state index >= 15 is 0 Å². The van der Waals surface area contributed by atoms with Crippen molar-refractivity contribution in [3.8, 4) is 0 Å². The molecule has 0 radical (unpaired) electrons. The summed E-state index contributed by atoms with van der Waals surface area (Å²) >= 11 is 0. The van der Waals surface area contributed by atoms with Crippen molar-refractivity contribution in [2.24, 2.45) is 11.5 Å². The molecular formula is C21H25N3O6. The standard InChI is InChI=1S/C21H25N3O6/c1-12(22)16(25)24(15-11-7-9-13-8-5-6-10-14(13)15)21(17(23)26,18(27)28)19(29)30-20(2,3)4/h5-12H,22H2,1-4H3,(H2,23,26)(H,27,28)/t12-,21-/m0/s1. The van der Waals surface area contributed by atoms with E-state index in [1.807, 2.05) is 0 Å². The normalized spacial score (nSPS) is 14.4. The molecule has 2 aromatic carbocycles. The van der Waals surface area contributed by atoms with Gasteiger partial charge in [0, 0.05) is 5.39 Å². The monoisotopic (exact) mass is 415 g/mol. The number of nitrogens with zero attached hydrogens (tertiary/aromatic N) is 1. The number of fused-ring (bicyclic) bond motifs is 1. The van der Waals surface area contributed by atoms with Gasteiger partial charge in [0.25, 0.3) is 5.91 Å². The molecule has 9 nitrogen and oxygen atoms in total. The Hall–Kier alpha value is -3.46. The number of hydrogen-bond acceptors (Lipinski definition) is 6. The maximum Gasteiger partial charge on any atom is 0.354 e. The summed E-state index contributed by atoms with van der Waals surface area (Å²) in [5, 5.41) is 11.1. The van der Waals surface area contributed by atoms with Crippen LogP contribution in [0.5, 0.6) is 0 Å². The number of primary amides is 1. The number of anilines is 1. The average molecular weight is 415 g/mol. The Morgan fingerprint density at radius 1 is 1.03 bits per heavy atom. The van der Waals surface area contributed by atoms with E-state index in [4.69, 9.17) is 16.2 Å². The van der Waals surface area contributed by atoms with E-state index in [1.165, 1.54) is 33.8 Å². The molecule has 5 N–H and O–H groups in total. The van der Waals surface area contributed by atoms with E-state index in [0.717, 1.165) is 0 Å². The fourth-order valence-electron chi connectivity index (χ4n) is 3.01. The summed E-state index contributed by atoms with van der Waals surface area (Å²) < 4.78 is 5.21. The molecule has 2 aromatic rings. The van der Waals surface area contributed by atoms with Crippen LogP contribution in [0.4, 0.5) is 5.69 Å². The molecule has 0 spiro atoms. The fourth-order valence-corrected chi connectivity index (χ4v) is 3.01. The van der Waals surface area contributed by atoms with Crippen LogP contribution in [0.3, 0.4) is 0 Å². The Morgan fingerprint density at radius 2 is 1.60 bits per heavy atom. The Bertz CT molecular complexity index is 990. The molecule has 0 aliphatic carbocycles. The molecule has 2 rings (SSSR count). The third-order valence-electron chi connectivity index (χ3n) is 4.31. The molecule has 0 fully saturated rings. The zero-order valence-corrected chi connectivity index (χ0v) is 17.2. The topological polar surface area (TPSA) is 153 Å². The number of benzene rings is 2. The van der Waals surface area contributed by atoms with Gasteiger partial charge in [-0.3, -0.25) is 14.5 Å². The van der Waals surface area contributed by atoms with Crippen LogP contribution in [0.25, 0.3) is 10.8 Å². The Morgan fingerprint density at radius 3 is 2.10 bits per heavy atom. The van der Waals surface area contributed by atoms with E-state index in [0.29, 0.717) is 15.7 Å². The van der Waals surface area contributed by atoms with Gasteiger partial charge in [0.15, 0.2) is 0 Å². The minimum atomic E-state index is -3.16. The second-order valence-electron chi connectivity index (χ2n) is 7.84. The molecule has 0 aromatic heterocycles. The molecule has 0 saturated heterocycles. The predicted molar refractivity (Wildman–Crippen MR) is 110 cm³/mol. The van der Waals surface area contributed by atoms with Gasteiger partial charge in [0.2, 0.25) is 5.91 Å². The number of ether oxygens (including phenoxy) is 1. The van der Waals surface area contributed by atoms with Gasteiger partial charge in [-0.25, -0.2) is 9.59 Å². The van der Waals surface area contributed by atoms with Crippen LogP contribution in [-0.4, -0.2) is 46.0 Å². The average Bonchev–Trinajstić information content (AvgIpc) is 2.62. The molecule has 0 saturated carbocycles. The van der Waals surface area contributed by atoms with Gasteiger partial charge in [-0.05, 0) is 39.1 Å². The Kier molecular flexibility index (Phi) is 6.17. The van der Waals surface area contributed by atoms with Crippen molar-refractivity contribution in [1.82, 2.24) is 0 Å². The number of amides is 2. The largest absolute Gasteiger partial charge is 0.479 e. The molecule has 160 valence electrons. The molecule has 0 aliphatic rings. The highest BCUT2D eigenvalue weighted by Crippen LogP contribution is 2.34. The van der Waals surface area contributed by atoms with Crippen molar-refractivity contribution in [1.29, 1.82) is 0 Å². The lowest BCUT2D eigenvalue weighted by Gasteiger charge is -2.38. The van der Waals surface area contributed by atoms with Gasteiger partial charge in [0.1, 0.15) is 5.60 Å². The molecule has 2 amide bonds. The summed E-state index contributed by atoms with van der Waals surface area (Å²) in [4.78, 5) is 51.8. The minimum Gasteiger partial charge on any atom is -0.479 e. The third-order valence-corrected chi connectivity index (χ3v) is 4.31. The minimum absolute atomic E-state index is 0.0116. The second kappa shape index (κ2) is 8.11. The van der Waals surface area contributed by atoms with Crippen LogP contribution in [0.15, 0.2) is 42.5 Å². The van der Waals surface area contributed by atoms with Gasteiger partial charge < -0.3 is 21.3 Å². The van der Waals surface area contributed by atoms with Crippen LogP contribution in [-0.2, 0) is 23.9 Å². The summed E-state index contributed by atoms with van der Waals surface area (Å²) in [6, 6.07) is 10.2. The van der Waals surface area contributed by atoms with Crippen LogP contribution in [0.1, 0.15) is 27.7 Å². The number of hydrogen-bond donors (Lipinski definition) is 3. The summed E-state index contributed by atoms with van der Waals surface area (Å²) in [7, 11) is 0. The van der Waals surface area contributed by atoms with E-state index in [9.17, 15) is 24.3 Å². The molecular weight excluding hydrogens is 390 g/mol. The fraction of sp³-hybridized carbons (Fsp3) is 0.333. The van der Waals surface area contributed by atoms with Crippen LogP contribution in [0, 0.1) is 0 Å². The molecule has 0 unspecified atom stereocenters. The molecule has 0 heterocycles. The molecule has 0 aliphatic heterocycles. The first-order valence-electron chi connectivity index (χ1n) is 9.18. The predicted octanol–water partition coefficient (Wildman–Crippen LogP) is 1.17. The van der Waals surface area contributed by atoms with E-state index in [-0.39, 0.29) is 5.69 Å². The zero-order valence-electron chi connectivity index (χ0n) is 17.2. The van der Waals surface area contributed by atoms with Gasteiger partial charge in [-0.2, -0.15) is 0 Å². The van der Waals surface area contributed by atoms with Crippen molar-refractivity contribution in [3.63, 3.8) is 0 Å². The lowest BCUT2D eigenvalue weighted by molar-refractivity contribution is -0.172. The summed E-state index contributed by atoms with van der Waals surface area (Å²) in [6.45, 7) is 5.79. The SMILES string of the molecule is C[C@H](N)C(=O)N(c1cccc2ccccc12)[C@@](C(N)=O)(C(=O)O)C(=O)OC(C)(C)C. The van der Waals surface area contributed by atoms with Crippen molar-refractivity contribution in [2.45, 2.75) is 44.9 Å². The second-order valence-corrected chi connectivity index (χ2v) is 7.84. The lowest BCUT2D eigenvalue weighted by atomic mass is 9.92. The highest BCUT2D eigenvalue weighted by molar-refractivity contribution is 6.32. The Labute approximate surface area is 173 Å². The highest BCUT2D eigenvalue weighted by Gasteiger charge is 2.62. The van der Waals surface area contributed by atoms with Crippen LogP contribution < -0.4 is 16.4 Å². The number of carboxylic acids is 1. The number of carboxylic acid groups (broad SMARTS) is 1. The van der Waals surface area contributed by atoms with Gasteiger partial charge in [0.05, 0.1) is 11.7 Å². The zero-order chi connectivity index (χ0) is 22.9. The number of carbonyl (C=O) groups excluding carboxylic acids is 3. The maximum absolute atomic E-state index is 13.1. The summed E-state index contributed by atoms with van der Waals surface area (Å²) in [5.41, 5.74) is 6.88. The quantitative estimate of drug-likeness (QED) is 0.473. The van der Waals surface area contributed by atoms with Gasteiger partial charge in [-0.1, -0.05) is 36.4 Å². The molecule has 30 heavy (non-hydrogen) atoms. The number of aliphatic carboxylic acids is 1. The molecule has 9 heteroatoms. The smallest absolute Gasteiger partial charge is 0.354 e. The summed E-state index contributed by atoms with van der Waals surface area (Å²) in [6.07, 6.45) is 0. The van der Waals surface area contributed by atoms with Crippen molar-refractivity contribution in [2.75, 3.05) is 4.90 Å². The van der Waals surface area contributed by atoms with Crippen LogP contribution in [0.2, 0.25) is 0 Å². The Balaban J connectivity index is 2.94. The van der Waals surface area contributed by atoms with Crippen molar-refractivity contribution in [3.05, 3.63) is 42.5 Å². The number of carbonyl (C=O) groups is 4. The first kappa shape index (κ1) is 22.8. The molecule has 0 bridgehead atoms. The maximum atomic E-state index is 13.1. The third kappa shape index (κ3) is 3.97. The van der Waals surface area contributed by atoms with Gasteiger partial charge in [-0.15, -0.1) is 0 Å². The number of rotatable bonds is 6. The van der Waals surface area contributed by atoms with Crippen molar-refractivity contribution < 1.29 is 29.0 Å².